The number of hydrogen-bond acceptors (Lipinski definition) is 6. The van der Waals surface area contributed by atoms with E-state index in [1.807, 2.05) is 24.8 Å². The topological polar surface area (TPSA) is 86.9 Å². The highest BCUT2D eigenvalue weighted by atomic mass is 16.3. The summed E-state index contributed by atoms with van der Waals surface area (Å²) in [5, 5.41) is 17.6. The first-order chi connectivity index (χ1) is 13.1. The molecule has 0 radical (unpaired) electrons. The van der Waals surface area contributed by atoms with Crippen molar-refractivity contribution >= 4 is 11.7 Å². The molecule has 1 amide bonds. The fourth-order valence-electron chi connectivity index (χ4n) is 4.45. The summed E-state index contributed by atoms with van der Waals surface area (Å²) in [6, 6.07) is 2.33. The van der Waals surface area contributed by atoms with Gasteiger partial charge in [-0.2, -0.15) is 0 Å². The Hall–Kier alpha value is -2.06. The van der Waals surface area contributed by atoms with Crippen LogP contribution in [-0.4, -0.2) is 79.2 Å². The van der Waals surface area contributed by atoms with Crippen molar-refractivity contribution < 1.29 is 9.90 Å². The number of amides is 1. The molecule has 2 aliphatic rings. The van der Waals surface area contributed by atoms with Crippen LogP contribution in [0.4, 0.5) is 0 Å². The highest BCUT2D eigenvalue weighted by Crippen LogP contribution is 2.24. The number of rotatable bonds is 3. The van der Waals surface area contributed by atoms with Gasteiger partial charge in [0.2, 0.25) is 5.82 Å². The smallest absolute Gasteiger partial charge is 0.292 e. The van der Waals surface area contributed by atoms with Crippen molar-refractivity contribution in [2.75, 3.05) is 32.8 Å². The molecule has 4 heterocycles. The molecule has 146 valence electrons. The minimum absolute atomic E-state index is 0.0637. The highest BCUT2D eigenvalue weighted by Gasteiger charge is 2.32. The van der Waals surface area contributed by atoms with E-state index in [-0.39, 0.29) is 12.5 Å². The lowest BCUT2D eigenvalue weighted by molar-refractivity contribution is 0.0437. The fourth-order valence-corrected chi connectivity index (χ4v) is 4.45. The molecule has 2 aromatic rings. The predicted octanol–water partition coefficient (Wildman–Crippen LogP) is 1.05. The van der Waals surface area contributed by atoms with Crippen LogP contribution < -0.4 is 0 Å². The van der Waals surface area contributed by atoms with Crippen molar-refractivity contribution in [3.8, 4) is 0 Å². The minimum atomic E-state index is -0.0637. The number of carbonyl (C=O) groups excluding carboxylic acids is 1. The molecule has 0 saturated carbocycles. The summed E-state index contributed by atoms with van der Waals surface area (Å²) in [5.41, 5.74) is 1.79. The van der Waals surface area contributed by atoms with Gasteiger partial charge in [0.25, 0.3) is 11.7 Å². The zero-order valence-corrected chi connectivity index (χ0v) is 16.1. The van der Waals surface area contributed by atoms with Crippen molar-refractivity contribution in [1.29, 1.82) is 0 Å². The summed E-state index contributed by atoms with van der Waals surface area (Å²) in [7, 11) is 0. The number of aliphatic hydroxyl groups excluding tert-OH is 1. The Morgan fingerprint density at radius 1 is 1.19 bits per heavy atom. The van der Waals surface area contributed by atoms with Gasteiger partial charge in [-0.1, -0.05) is 0 Å². The van der Waals surface area contributed by atoms with Crippen LogP contribution in [0, 0.1) is 19.8 Å². The van der Waals surface area contributed by atoms with E-state index in [0.717, 1.165) is 63.3 Å². The lowest BCUT2D eigenvalue weighted by Crippen LogP contribution is -2.52. The van der Waals surface area contributed by atoms with E-state index < -0.39 is 0 Å². The Morgan fingerprint density at radius 2 is 1.96 bits per heavy atom. The number of carbonyl (C=O) groups is 1. The van der Waals surface area contributed by atoms with Crippen molar-refractivity contribution in [2.45, 2.75) is 45.6 Å². The second-order valence-electron chi connectivity index (χ2n) is 7.91. The molecule has 2 fully saturated rings. The summed E-state index contributed by atoms with van der Waals surface area (Å²) in [5.74, 6) is 1.21. The molecule has 2 saturated heterocycles. The van der Waals surface area contributed by atoms with Crippen LogP contribution in [0.2, 0.25) is 0 Å². The predicted molar refractivity (Wildman–Crippen MR) is 101 cm³/mol. The number of aliphatic hydroxyl groups is 1. The van der Waals surface area contributed by atoms with Crippen molar-refractivity contribution in [3.63, 3.8) is 0 Å². The van der Waals surface area contributed by atoms with Gasteiger partial charge in [0, 0.05) is 37.1 Å². The van der Waals surface area contributed by atoms with Gasteiger partial charge in [-0.15, -0.1) is 10.2 Å². The van der Waals surface area contributed by atoms with Crippen LogP contribution in [-0.2, 0) is 0 Å². The zero-order valence-electron chi connectivity index (χ0n) is 16.1. The van der Waals surface area contributed by atoms with Crippen LogP contribution >= 0.6 is 0 Å². The summed E-state index contributed by atoms with van der Waals surface area (Å²) in [4.78, 5) is 21.9. The summed E-state index contributed by atoms with van der Waals surface area (Å²) in [6.07, 6.45) is 4.21. The third kappa shape index (κ3) is 3.55. The highest BCUT2D eigenvalue weighted by molar-refractivity contribution is 5.91. The van der Waals surface area contributed by atoms with Crippen LogP contribution in [0.1, 0.15) is 47.7 Å². The van der Waals surface area contributed by atoms with E-state index in [1.54, 1.807) is 4.40 Å². The molecular weight excluding hydrogens is 344 g/mol. The van der Waals surface area contributed by atoms with Gasteiger partial charge in [0.1, 0.15) is 0 Å². The average molecular weight is 372 g/mol. The first kappa shape index (κ1) is 18.3. The maximum Gasteiger partial charge on any atom is 0.292 e. The third-order valence-corrected chi connectivity index (χ3v) is 5.99. The minimum Gasteiger partial charge on any atom is -0.396 e. The number of piperidine rings is 2. The third-order valence-electron chi connectivity index (χ3n) is 5.99. The van der Waals surface area contributed by atoms with Gasteiger partial charge < -0.3 is 10.0 Å². The summed E-state index contributed by atoms with van der Waals surface area (Å²) in [6.45, 7) is 7.66. The number of aromatic nitrogens is 4. The van der Waals surface area contributed by atoms with Gasteiger partial charge in [0.05, 0.1) is 0 Å². The molecular formula is C19H28N6O2. The van der Waals surface area contributed by atoms with Crippen LogP contribution in [0.5, 0.6) is 0 Å². The van der Waals surface area contributed by atoms with Crippen LogP contribution in [0.3, 0.4) is 0 Å². The maximum absolute atomic E-state index is 13.2. The van der Waals surface area contributed by atoms with Crippen LogP contribution in [0.25, 0.3) is 5.78 Å². The Morgan fingerprint density at radius 3 is 2.70 bits per heavy atom. The maximum atomic E-state index is 13.2. The second-order valence-corrected chi connectivity index (χ2v) is 7.91. The lowest BCUT2D eigenvalue weighted by atomic mass is 9.94. The van der Waals surface area contributed by atoms with Gasteiger partial charge in [-0.25, -0.2) is 4.98 Å². The molecule has 8 heteroatoms. The SMILES string of the molecule is Cc1cc(C)n2c(C(=O)N3CCC[C@H](N4CCC(CO)CC4)C3)nnc2n1. The molecule has 4 rings (SSSR count). The molecule has 0 spiro atoms. The van der Waals surface area contributed by atoms with Crippen LogP contribution in [0.15, 0.2) is 6.07 Å². The quantitative estimate of drug-likeness (QED) is 0.867. The number of nitrogens with zero attached hydrogens (tertiary/aromatic N) is 6. The molecule has 27 heavy (non-hydrogen) atoms. The second kappa shape index (κ2) is 7.52. The fraction of sp³-hybridized carbons (Fsp3) is 0.684. The largest absolute Gasteiger partial charge is 0.396 e. The standard InChI is InChI=1S/C19H28N6O2/c1-13-10-14(2)25-17(21-22-19(25)20-13)18(27)24-7-3-4-16(11-24)23-8-5-15(12-26)6-9-23/h10,15-16,26H,3-9,11-12H2,1-2H3/t16-/m0/s1. The molecule has 8 nitrogen and oxygen atoms in total. The number of aryl methyl sites for hydroxylation is 2. The van der Waals surface area contributed by atoms with E-state index >= 15 is 0 Å². The molecule has 1 atom stereocenters. The molecule has 0 bridgehead atoms. The number of hydrogen-bond donors (Lipinski definition) is 1. The molecule has 0 aliphatic carbocycles. The van der Waals surface area contributed by atoms with E-state index in [9.17, 15) is 9.90 Å². The van der Waals surface area contributed by atoms with E-state index in [4.69, 9.17) is 0 Å². The van der Waals surface area contributed by atoms with Crippen molar-refractivity contribution in [2.24, 2.45) is 5.92 Å². The first-order valence-electron chi connectivity index (χ1n) is 9.90. The van der Waals surface area contributed by atoms with Gasteiger partial charge in [-0.3, -0.25) is 14.1 Å². The average Bonchev–Trinajstić information content (AvgIpc) is 3.11. The van der Waals surface area contributed by atoms with Crippen molar-refractivity contribution in [3.05, 3.63) is 23.3 Å². The molecule has 1 N–H and O–H groups in total. The normalized spacial score (nSPS) is 22.5. The Bertz CT molecular complexity index is 827. The monoisotopic (exact) mass is 372 g/mol. The molecule has 0 aromatic carbocycles. The molecule has 2 aliphatic heterocycles. The Kier molecular flexibility index (Phi) is 5.10. The van der Waals surface area contributed by atoms with E-state index in [0.29, 0.717) is 23.6 Å². The molecule has 0 unspecified atom stereocenters. The molecule has 2 aromatic heterocycles. The summed E-state index contributed by atoms with van der Waals surface area (Å²) >= 11 is 0. The lowest BCUT2D eigenvalue weighted by Gasteiger charge is -2.42. The zero-order chi connectivity index (χ0) is 19.0. The Labute approximate surface area is 159 Å². The number of fused-ring (bicyclic) bond motifs is 1. The van der Waals surface area contributed by atoms with Gasteiger partial charge in [-0.05, 0) is 64.6 Å². The van der Waals surface area contributed by atoms with E-state index in [2.05, 4.69) is 20.1 Å². The first-order valence-corrected chi connectivity index (χ1v) is 9.90. The summed E-state index contributed by atoms with van der Waals surface area (Å²) < 4.78 is 1.76. The number of likely N-dealkylation sites (tertiary alicyclic amines) is 2. The Balaban J connectivity index is 1.49. The van der Waals surface area contributed by atoms with Crippen molar-refractivity contribution in [1.82, 2.24) is 29.4 Å². The van der Waals surface area contributed by atoms with Gasteiger partial charge >= 0.3 is 0 Å². The van der Waals surface area contributed by atoms with E-state index in [1.165, 1.54) is 0 Å². The van der Waals surface area contributed by atoms with Gasteiger partial charge in [0.15, 0.2) is 0 Å².